The number of rotatable bonds is 40. The lowest BCUT2D eigenvalue weighted by atomic mass is 9.90. The number of hydrogen-bond acceptors (Lipinski definition) is 19. The van der Waals surface area contributed by atoms with E-state index in [1.165, 1.54) is 11.8 Å². The average molecular weight is 1690 g/mol. The van der Waals surface area contributed by atoms with E-state index in [4.69, 9.17) is 87.4 Å². The maximum Gasteiger partial charge on any atom is 0.187 e. The van der Waals surface area contributed by atoms with Crippen molar-refractivity contribution in [2.24, 2.45) is 11.8 Å². The highest BCUT2D eigenvalue weighted by Gasteiger charge is 2.55. The second kappa shape index (κ2) is 48.0. The normalized spacial score (nSPS) is 26.5. The van der Waals surface area contributed by atoms with Gasteiger partial charge >= 0.3 is 0 Å². The molecule has 4 fully saturated rings. The first-order chi connectivity index (χ1) is 60.1. The Hall–Kier alpha value is -8.66. The lowest BCUT2D eigenvalue weighted by Gasteiger charge is -2.50. The summed E-state index contributed by atoms with van der Waals surface area (Å²) in [5, 5.41) is 25.5. The number of halogens is 1. The molecule has 0 amide bonds. The van der Waals surface area contributed by atoms with Crippen molar-refractivity contribution in [2.75, 3.05) is 26.4 Å². The van der Waals surface area contributed by atoms with Gasteiger partial charge in [0.1, 0.15) is 78.1 Å². The Kier molecular flexibility index (Phi) is 35.3. The molecule has 0 spiro atoms. The van der Waals surface area contributed by atoms with Crippen molar-refractivity contribution in [3.63, 3.8) is 0 Å². The van der Waals surface area contributed by atoms with Gasteiger partial charge in [-0.15, -0.1) is 0 Å². The van der Waals surface area contributed by atoms with Crippen molar-refractivity contribution in [1.82, 2.24) is 0 Å². The SMILES string of the molecule is CC1[C@@H](Cl)OC(COCc2ccccc2)[C@@H](OCc2ccccc2)[C@H]1OCc1ccccc1.C[C@@H]1C(COCc2ccccc2)O[C@H](O[C@@H]2C(OCc3ccccc3)[C@@H](Sc3ccccc3)OC(CO[C@H]3OC(COCc4ccccc4)[C@@H](OCc4ccccc4)[C@H](OCc4ccccc4)C3O)[C@H]2OCc2ccccc2)C(O)[C@H]1OCc1ccccc1. The largest absolute Gasteiger partial charge is 0.385 e. The number of alkyl halides is 1. The fraction of sp³-hybridized carbons (Fsp3) is 0.353. The molecule has 0 saturated carbocycles. The third-order valence-electron chi connectivity index (χ3n) is 22.1. The van der Waals surface area contributed by atoms with E-state index in [0.29, 0.717) is 39.6 Å². The average Bonchev–Trinajstić information content (AvgIpc) is 0.773. The van der Waals surface area contributed by atoms with Crippen molar-refractivity contribution in [3.05, 3.63) is 389 Å². The van der Waals surface area contributed by atoms with Crippen LogP contribution in [0.15, 0.2) is 339 Å². The lowest BCUT2D eigenvalue weighted by molar-refractivity contribution is -0.350. The molecule has 4 aliphatic heterocycles. The Morgan fingerprint density at radius 2 is 0.525 bits per heavy atom. The number of hydrogen-bond donors (Lipinski definition) is 2. The van der Waals surface area contributed by atoms with Crippen LogP contribution in [0, 0.1) is 11.8 Å². The van der Waals surface area contributed by atoms with E-state index in [-0.39, 0.29) is 83.0 Å². The molecule has 20 atom stereocenters. The van der Waals surface area contributed by atoms with Crippen LogP contribution < -0.4 is 0 Å². The van der Waals surface area contributed by atoms with E-state index in [2.05, 4.69) is 24.3 Å². The summed E-state index contributed by atoms with van der Waals surface area (Å²) in [6, 6.07) is 110. The zero-order valence-electron chi connectivity index (χ0n) is 68.9. The third-order valence-corrected chi connectivity index (χ3v) is 23.7. The van der Waals surface area contributed by atoms with Gasteiger partial charge in [-0.2, -0.15) is 0 Å². The molecule has 0 radical (unpaired) electrons. The quantitative estimate of drug-likeness (QED) is 0.0345. The summed E-state index contributed by atoms with van der Waals surface area (Å²) < 4.78 is 108. The van der Waals surface area contributed by atoms with Crippen molar-refractivity contribution >= 4 is 23.4 Å². The standard InChI is InChI=1S/C74H80O14S.C28H31ClO4/c1-52-61(49-77-42-53-26-10-2-11-27-53)85-73(64(75)66(52)79-44-55-30-14-4-15-31-55)88-70-68(81-46-57-34-18-6-19-35-57)63(87-74(89-60-40-24-9-25-41-60)71(70)83-48-59-38-22-8-23-39-59)51-84-72-65(76)69(82-47-58-36-20-7-21-37-58)67(80-45-56-32-16-5-17-33-56)62(86-72)50-78-43-54-28-12-3-13-29-54;1-21-26(31-18-23-13-7-3-8-14-23)27(32-19-24-15-9-4-10-16-24)25(33-28(21)29)20-30-17-22-11-5-2-6-12-22/h2-41,52,61-76H,42-51H2,1H3;2-16,21,25-28H,17-20H2,1H3/t52-,61?,62?,63?,64?,65?,66+,67-,68-,69-,70+,71?,72+,73-,74-;21?,25?,26-,27+,28-/m10/s1. The Bertz CT molecular complexity index is 4660. The van der Waals surface area contributed by atoms with Gasteiger partial charge in [-0.25, -0.2) is 0 Å². The highest BCUT2D eigenvalue weighted by molar-refractivity contribution is 7.99. The van der Waals surface area contributed by atoms with Gasteiger partial charge < -0.3 is 86.0 Å². The second-order valence-corrected chi connectivity index (χ2v) is 32.7. The molecule has 11 aromatic carbocycles. The molecule has 122 heavy (non-hydrogen) atoms. The fourth-order valence-electron chi connectivity index (χ4n) is 15.4. The lowest BCUT2D eigenvalue weighted by Crippen LogP contribution is -2.65. The summed E-state index contributed by atoms with van der Waals surface area (Å²) in [6.07, 6.45) is -13.8. The van der Waals surface area contributed by atoms with Gasteiger partial charge in [0.15, 0.2) is 12.6 Å². The van der Waals surface area contributed by atoms with Gasteiger partial charge in [-0.1, -0.05) is 359 Å². The molecule has 640 valence electrons. The van der Waals surface area contributed by atoms with E-state index < -0.39 is 90.7 Å². The van der Waals surface area contributed by atoms with E-state index in [1.54, 1.807) is 0 Å². The van der Waals surface area contributed by atoms with Gasteiger partial charge in [-0.3, -0.25) is 0 Å². The van der Waals surface area contributed by atoms with E-state index >= 15 is 0 Å². The van der Waals surface area contributed by atoms with Crippen LogP contribution in [-0.2, 0) is 142 Å². The van der Waals surface area contributed by atoms with Crippen LogP contribution >= 0.6 is 23.4 Å². The molecule has 4 aliphatic rings. The van der Waals surface area contributed by atoms with E-state index in [1.807, 2.05) is 323 Å². The predicted octanol–water partition coefficient (Wildman–Crippen LogP) is 18.0. The molecule has 20 heteroatoms. The fourth-order valence-corrected chi connectivity index (χ4v) is 16.8. The highest BCUT2D eigenvalue weighted by Crippen LogP contribution is 2.42. The van der Waals surface area contributed by atoms with Crippen LogP contribution in [0.1, 0.15) is 69.5 Å². The third kappa shape index (κ3) is 26.7. The summed E-state index contributed by atoms with van der Waals surface area (Å²) in [4.78, 5) is 0.907. The summed E-state index contributed by atoms with van der Waals surface area (Å²) in [5.74, 6) is -0.378. The molecule has 2 N–H and O–H groups in total. The monoisotopic (exact) mass is 1690 g/mol. The molecular weight excluding hydrogens is 1580 g/mol. The number of aliphatic hydroxyl groups excluding tert-OH is 2. The van der Waals surface area contributed by atoms with Crippen LogP contribution in [0.2, 0.25) is 0 Å². The zero-order valence-corrected chi connectivity index (χ0v) is 70.5. The van der Waals surface area contributed by atoms with Crippen molar-refractivity contribution in [1.29, 1.82) is 0 Å². The summed E-state index contributed by atoms with van der Waals surface area (Å²) in [6.45, 7) is 7.58. The zero-order chi connectivity index (χ0) is 83.7. The molecule has 4 heterocycles. The smallest absolute Gasteiger partial charge is 0.187 e. The maximum absolute atomic E-state index is 12.8. The molecule has 0 aromatic heterocycles. The number of benzene rings is 11. The van der Waals surface area contributed by atoms with Crippen LogP contribution in [0.5, 0.6) is 0 Å². The molecule has 18 nitrogen and oxygen atoms in total. The summed E-state index contributed by atoms with van der Waals surface area (Å²) >= 11 is 8.07. The molecule has 15 rings (SSSR count). The van der Waals surface area contributed by atoms with Crippen LogP contribution in [0.4, 0.5) is 0 Å². The Morgan fingerprint density at radius 1 is 0.254 bits per heavy atom. The van der Waals surface area contributed by atoms with Crippen LogP contribution in [0.3, 0.4) is 0 Å². The Labute approximate surface area is 726 Å². The first-order valence-electron chi connectivity index (χ1n) is 42.1. The maximum atomic E-state index is 12.8. The number of ether oxygens (including phenoxy) is 16. The van der Waals surface area contributed by atoms with Crippen molar-refractivity contribution in [2.45, 2.75) is 194 Å². The van der Waals surface area contributed by atoms with Crippen LogP contribution in [0.25, 0.3) is 0 Å². The Balaban J connectivity index is 0.000000306. The van der Waals surface area contributed by atoms with E-state index in [9.17, 15) is 10.2 Å². The molecule has 4 saturated heterocycles. The first kappa shape index (κ1) is 89.6. The molecule has 0 bridgehead atoms. The van der Waals surface area contributed by atoms with Gasteiger partial charge in [0.05, 0.1) is 111 Å². The summed E-state index contributed by atoms with van der Waals surface area (Å²) in [7, 11) is 0. The summed E-state index contributed by atoms with van der Waals surface area (Å²) in [5.41, 5.74) is 8.69. The minimum absolute atomic E-state index is 0.0403. The van der Waals surface area contributed by atoms with Crippen LogP contribution in [-0.4, -0.2) is 146 Å². The molecule has 11 aromatic rings. The van der Waals surface area contributed by atoms with E-state index in [0.717, 1.165) is 60.5 Å². The second-order valence-electron chi connectivity index (χ2n) is 31.0. The first-order valence-corrected chi connectivity index (χ1v) is 43.4. The molecule has 8 unspecified atom stereocenters. The molecular formula is C102H111ClO18S. The van der Waals surface area contributed by atoms with Gasteiger partial charge in [0, 0.05) is 16.7 Å². The minimum atomic E-state index is -1.37. The van der Waals surface area contributed by atoms with Crippen molar-refractivity contribution in [3.8, 4) is 0 Å². The molecule has 0 aliphatic carbocycles. The Morgan fingerprint density at radius 3 is 0.902 bits per heavy atom. The topological polar surface area (TPSA) is 188 Å². The van der Waals surface area contributed by atoms with Gasteiger partial charge in [-0.05, 0) is 67.8 Å². The van der Waals surface area contributed by atoms with Crippen molar-refractivity contribution < 1.29 is 86.0 Å². The minimum Gasteiger partial charge on any atom is -0.385 e. The number of aliphatic hydroxyl groups is 2. The van der Waals surface area contributed by atoms with Gasteiger partial charge in [0.25, 0.3) is 0 Å². The van der Waals surface area contributed by atoms with Gasteiger partial charge in [0.2, 0.25) is 0 Å². The number of thioether (sulfide) groups is 1. The highest BCUT2D eigenvalue weighted by atomic mass is 35.5. The predicted molar refractivity (Wildman–Crippen MR) is 467 cm³/mol.